The van der Waals surface area contributed by atoms with Gasteiger partial charge in [0.2, 0.25) is 16.0 Å². The monoisotopic (exact) mass is 552 g/mol. The molecule has 0 radical (unpaired) electrons. The second-order valence-electron chi connectivity index (χ2n) is 9.94. The SMILES string of the molecule is CCCCNc1ncc2c(-c3ccc(S(=O)(=O)NCc4ccc(F)cc4)cc3)nn([C@H]3CC[C@H](O)CC3)c2n1. The third kappa shape index (κ3) is 6.26. The van der Waals surface area contributed by atoms with Crippen LogP contribution in [0.15, 0.2) is 59.6 Å². The lowest BCUT2D eigenvalue weighted by atomic mass is 9.93. The highest BCUT2D eigenvalue weighted by Gasteiger charge is 2.26. The van der Waals surface area contributed by atoms with Crippen LogP contribution in [0, 0.1) is 5.82 Å². The number of hydrogen-bond donors (Lipinski definition) is 3. The van der Waals surface area contributed by atoms with Gasteiger partial charge >= 0.3 is 0 Å². The smallest absolute Gasteiger partial charge is 0.240 e. The van der Waals surface area contributed by atoms with Crippen LogP contribution in [0.25, 0.3) is 22.3 Å². The van der Waals surface area contributed by atoms with E-state index in [1.807, 2.05) is 4.68 Å². The fourth-order valence-corrected chi connectivity index (χ4v) is 5.83. The van der Waals surface area contributed by atoms with E-state index in [0.29, 0.717) is 30.0 Å². The summed E-state index contributed by atoms with van der Waals surface area (Å²) in [6, 6.07) is 12.4. The molecule has 2 aromatic heterocycles. The van der Waals surface area contributed by atoms with Gasteiger partial charge in [-0.05, 0) is 61.9 Å². The fraction of sp³-hybridized carbons (Fsp3) is 0.393. The Morgan fingerprint density at radius 2 is 1.77 bits per heavy atom. The number of nitrogens with zero attached hydrogens (tertiary/aromatic N) is 4. The van der Waals surface area contributed by atoms with Crippen molar-refractivity contribution in [1.82, 2.24) is 24.5 Å². The van der Waals surface area contributed by atoms with E-state index in [9.17, 15) is 17.9 Å². The first-order chi connectivity index (χ1) is 18.8. The molecular formula is C28H33FN6O3S. The Morgan fingerprint density at radius 3 is 2.46 bits per heavy atom. The average Bonchev–Trinajstić information content (AvgIpc) is 3.32. The zero-order chi connectivity index (χ0) is 27.4. The lowest BCUT2D eigenvalue weighted by Crippen LogP contribution is -2.23. The van der Waals surface area contributed by atoms with Crippen LogP contribution in [-0.2, 0) is 16.6 Å². The van der Waals surface area contributed by atoms with E-state index in [0.717, 1.165) is 48.8 Å². The summed E-state index contributed by atoms with van der Waals surface area (Å²) in [4.78, 5) is 9.42. The van der Waals surface area contributed by atoms with Gasteiger partial charge in [-0.25, -0.2) is 27.2 Å². The van der Waals surface area contributed by atoms with E-state index in [4.69, 9.17) is 10.1 Å². The quantitative estimate of drug-likeness (QED) is 0.242. The number of halogens is 1. The predicted octanol–water partition coefficient (Wildman–Crippen LogP) is 4.80. The molecule has 1 aliphatic rings. The molecule has 4 aromatic rings. The molecule has 11 heteroatoms. The molecule has 0 spiro atoms. The van der Waals surface area contributed by atoms with Gasteiger partial charge in [-0.2, -0.15) is 10.1 Å². The van der Waals surface area contributed by atoms with Crippen molar-refractivity contribution in [2.24, 2.45) is 0 Å². The van der Waals surface area contributed by atoms with Crippen LogP contribution >= 0.6 is 0 Å². The summed E-state index contributed by atoms with van der Waals surface area (Å²) in [7, 11) is -3.77. The minimum absolute atomic E-state index is 0.0570. The Bertz CT molecular complexity index is 1520. The minimum atomic E-state index is -3.77. The van der Waals surface area contributed by atoms with Crippen LogP contribution in [0.5, 0.6) is 0 Å². The average molecular weight is 553 g/mol. The number of aliphatic hydroxyl groups excluding tert-OH is 1. The number of anilines is 1. The summed E-state index contributed by atoms with van der Waals surface area (Å²) in [5.41, 5.74) is 2.81. The zero-order valence-electron chi connectivity index (χ0n) is 21.8. The van der Waals surface area contributed by atoms with Crippen LogP contribution in [0.3, 0.4) is 0 Å². The molecule has 5 rings (SSSR count). The minimum Gasteiger partial charge on any atom is -0.393 e. The Morgan fingerprint density at radius 1 is 1.05 bits per heavy atom. The first kappa shape index (κ1) is 27.2. The molecule has 3 N–H and O–H groups in total. The number of nitrogens with one attached hydrogen (secondary N) is 2. The number of unbranched alkanes of at least 4 members (excludes halogenated alkanes) is 1. The lowest BCUT2D eigenvalue weighted by molar-refractivity contribution is 0.109. The molecule has 0 atom stereocenters. The normalized spacial score (nSPS) is 17.9. The van der Waals surface area contributed by atoms with Gasteiger partial charge in [-0.1, -0.05) is 37.6 Å². The van der Waals surface area contributed by atoms with E-state index in [1.54, 1.807) is 42.6 Å². The van der Waals surface area contributed by atoms with Crippen LogP contribution in [0.1, 0.15) is 57.1 Å². The number of benzene rings is 2. The summed E-state index contributed by atoms with van der Waals surface area (Å²) >= 11 is 0. The maximum absolute atomic E-state index is 13.1. The van der Waals surface area contributed by atoms with Crippen molar-refractivity contribution >= 4 is 27.0 Å². The van der Waals surface area contributed by atoms with Crippen molar-refractivity contribution in [3.63, 3.8) is 0 Å². The Kier molecular flexibility index (Phi) is 8.20. The summed E-state index contributed by atoms with van der Waals surface area (Å²) in [6.07, 6.45) is 6.59. The van der Waals surface area contributed by atoms with Gasteiger partial charge in [0.25, 0.3) is 0 Å². The topological polar surface area (TPSA) is 122 Å². The molecular weight excluding hydrogens is 519 g/mol. The number of aliphatic hydroxyl groups is 1. The van der Waals surface area contributed by atoms with Crippen molar-refractivity contribution in [3.05, 3.63) is 66.1 Å². The number of hydrogen-bond acceptors (Lipinski definition) is 7. The largest absolute Gasteiger partial charge is 0.393 e. The molecule has 2 heterocycles. The van der Waals surface area contributed by atoms with Crippen molar-refractivity contribution < 1.29 is 17.9 Å². The van der Waals surface area contributed by atoms with Crippen molar-refractivity contribution in [2.45, 2.75) is 69.0 Å². The van der Waals surface area contributed by atoms with Gasteiger partial charge in [0, 0.05) is 24.8 Å². The molecule has 206 valence electrons. The third-order valence-corrected chi connectivity index (χ3v) is 8.51. The van der Waals surface area contributed by atoms with Gasteiger partial charge in [0.1, 0.15) is 11.5 Å². The van der Waals surface area contributed by atoms with Crippen molar-refractivity contribution in [1.29, 1.82) is 0 Å². The van der Waals surface area contributed by atoms with Gasteiger partial charge in [-0.15, -0.1) is 0 Å². The van der Waals surface area contributed by atoms with E-state index >= 15 is 0 Å². The molecule has 0 unspecified atom stereocenters. The van der Waals surface area contributed by atoms with Crippen LogP contribution in [-0.4, -0.2) is 45.9 Å². The zero-order valence-corrected chi connectivity index (χ0v) is 22.7. The molecule has 0 amide bonds. The number of fused-ring (bicyclic) bond motifs is 1. The van der Waals surface area contributed by atoms with E-state index in [1.165, 1.54) is 12.1 Å². The molecule has 0 bridgehead atoms. The Balaban J connectivity index is 1.42. The van der Waals surface area contributed by atoms with E-state index in [2.05, 4.69) is 21.9 Å². The molecule has 1 saturated carbocycles. The van der Waals surface area contributed by atoms with Gasteiger partial charge in [0.15, 0.2) is 5.65 Å². The van der Waals surface area contributed by atoms with Crippen molar-refractivity contribution in [3.8, 4) is 11.3 Å². The molecule has 39 heavy (non-hydrogen) atoms. The maximum Gasteiger partial charge on any atom is 0.240 e. The Hall–Kier alpha value is -3.41. The molecule has 2 aromatic carbocycles. The molecule has 1 fully saturated rings. The second kappa shape index (κ2) is 11.8. The van der Waals surface area contributed by atoms with Gasteiger partial charge in [0.05, 0.1) is 22.4 Å². The van der Waals surface area contributed by atoms with Crippen LogP contribution in [0.2, 0.25) is 0 Å². The highest BCUT2D eigenvalue weighted by molar-refractivity contribution is 7.89. The molecule has 0 aliphatic heterocycles. The fourth-order valence-electron chi connectivity index (χ4n) is 4.81. The number of rotatable bonds is 10. The number of sulfonamides is 1. The Labute approximate surface area is 227 Å². The van der Waals surface area contributed by atoms with E-state index < -0.39 is 10.0 Å². The highest BCUT2D eigenvalue weighted by atomic mass is 32.2. The molecule has 0 saturated heterocycles. The molecule has 9 nitrogen and oxygen atoms in total. The van der Waals surface area contributed by atoms with Crippen molar-refractivity contribution in [2.75, 3.05) is 11.9 Å². The van der Waals surface area contributed by atoms with Crippen LogP contribution in [0.4, 0.5) is 10.3 Å². The maximum atomic E-state index is 13.1. The predicted molar refractivity (Wildman–Crippen MR) is 148 cm³/mol. The van der Waals surface area contributed by atoms with Gasteiger partial charge in [-0.3, -0.25) is 0 Å². The van der Waals surface area contributed by atoms with E-state index in [-0.39, 0.29) is 29.4 Å². The first-order valence-corrected chi connectivity index (χ1v) is 14.8. The summed E-state index contributed by atoms with van der Waals surface area (Å²) < 4.78 is 43.4. The third-order valence-electron chi connectivity index (χ3n) is 7.09. The lowest BCUT2D eigenvalue weighted by Gasteiger charge is -2.25. The first-order valence-electron chi connectivity index (χ1n) is 13.4. The summed E-state index contributed by atoms with van der Waals surface area (Å²) in [5, 5.41) is 19.0. The standard InChI is InChI=1S/C28H33FN6O3S/c1-2-3-16-30-28-31-18-25-26(34-35(27(25)33-28)22-10-12-23(36)13-11-22)20-6-14-24(15-7-20)39(37,38)32-17-19-4-8-21(29)9-5-19/h4-9,14-15,18,22-23,32,36H,2-3,10-13,16-17H2,1H3,(H,30,31,33)/t22-,23-. The summed E-state index contributed by atoms with van der Waals surface area (Å²) in [5.74, 6) is 0.177. The summed E-state index contributed by atoms with van der Waals surface area (Å²) in [6.45, 7) is 2.97. The van der Waals surface area contributed by atoms with Crippen LogP contribution < -0.4 is 10.0 Å². The molecule has 1 aliphatic carbocycles. The number of aromatic nitrogens is 4. The van der Waals surface area contributed by atoms with Gasteiger partial charge < -0.3 is 10.4 Å². The second-order valence-corrected chi connectivity index (χ2v) is 11.7. The highest BCUT2D eigenvalue weighted by Crippen LogP contribution is 2.34.